The Morgan fingerprint density at radius 1 is 1.12 bits per heavy atom. The number of hydrogen-bond acceptors (Lipinski definition) is 4. The number of nitrogens with one attached hydrogen (secondary N) is 1. The number of sulfonamides is 1. The fourth-order valence-corrected chi connectivity index (χ4v) is 5.13. The number of carbonyl (C=O) groups is 1. The predicted molar refractivity (Wildman–Crippen MR) is 122 cm³/mol. The molecule has 0 saturated carbocycles. The van der Waals surface area contributed by atoms with Gasteiger partial charge >= 0.3 is 0 Å². The molecule has 3 aromatic rings. The molecule has 0 fully saturated rings. The zero-order valence-corrected chi connectivity index (χ0v) is 19.7. The minimum absolute atomic E-state index is 0.00518. The van der Waals surface area contributed by atoms with E-state index < -0.39 is 26.6 Å². The second-order valence-electron chi connectivity index (χ2n) is 6.80. The van der Waals surface area contributed by atoms with Gasteiger partial charge in [-0.25, -0.2) is 17.5 Å². The van der Waals surface area contributed by atoms with E-state index in [1.807, 2.05) is 0 Å². The third-order valence-electron chi connectivity index (χ3n) is 4.81. The number of hydrogen-bond donors (Lipinski definition) is 1. The van der Waals surface area contributed by atoms with Gasteiger partial charge in [0.2, 0.25) is 10.0 Å². The zero-order chi connectivity index (χ0) is 23.5. The summed E-state index contributed by atoms with van der Waals surface area (Å²) in [5.74, 6) is -1.17. The summed E-state index contributed by atoms with van der Waals surface area (Å²) in [5, 5.41) is 7.81. The molecule has 0 aliphatic heterocycles. The summed E-state index contributed by atoms with van der Waals surface area (Å²) in [6.07, 6.45) is 1.50. The van der Waals surface area contributed by atoms with Crippen LogP contribution in [-0.4, -0.2) is 41.5 Å². The summed E-state index contributed by atoms with van der Waals surface area (Å²) in [6.45, 7) is 3.94. The van der Waals surface area contributed by atoms with Crippen LogP contribution in [0.4, 0.5) is 10.2 Å². The van der Waals surface area contributed by atoms with Crippen molar-refractivity contribution in [2.75, 3.05) is 18.4 Å². The summed E-state index contributed by atoms with van der Waals surface area (Å²) < 4.78 is 42.5. The molecule has 0 bridgehead atoms. The third-order valence-corrected chi connectivity index (χ3v) is 7.46. The van der Waals surface area contributed by atoms with Crippen molar-refractivity contribution in [3.05, 3.63) is 75.7 Å². The molecule has 0 atom stereocenters. The van der Waals surface area contributed by atoms with Gasteiger partial charge in [0, 0.05) is 34.8 Å². The first-order chi connectivity index (χ1) is 15.2. The molecule has 3 rings (SSSR count). The standard InChI is InChI=1S/C21H21Cl2FN4O3S/c1-3-27(4-2)32(30,31)19-11-14(6-8-18(19)24)21(29)26-20-9-10-25-28(20)13-15-5-7-16(22)12-17(15)23/h5-12H,3-4,13H2,1-2H3,(H,26,29). The van der Waals surface area contributed by atoms with Crippen molar-refractivity contribution in [2.24, 2.45) is 0 Å². The van der Waals surface area contributed by atoms with Gasteiger partial charge in [0.1, 0.15) is 16.5 Å². The van der Waals surface area contributed by atoms with Crippen LogP contribution in [0.2, 0.25) is 10.0 Å². The first-order valence-electron chi connectivity index (χ1n) is 9.74. The highest BCUT2D eigenvalue weighted by Crippen LogP contribution is 2.24. The van der Waals surface area contributed by atoms with Crippen LogP contribution < -0.4 is 5.32 Å². The smallest absolute Gasteiger partial charge is 0.256 e. The minimum Gasteiger partial charge on any atom is -0.307 e. The maximum atomic E-state index is 14.3. The van der Waals surface area contributed by atoms with Crippen LogP contribution >= 0.6 is 23.2 Å². The molecule has 0 aliphatic rings. The molecule has 0 saturated heterocycles. The zero-order valence-electron chi connectivity index (χ0n) is 17.3. The number of amides is 1. The molecule has 0 radical (unpaired) electrons. The van der Waals surface area contributed by atoms with E-state index in [1.54, 1.807) is 38.1 Å². The van der Waals surface area contributed by atoms with Gasteiger partial charge < -0.3 is 5.32 Å². The van der Waals surface area contributed by atoms with Crippen molar-refractivity contribution in [2.45, 2.75) is 25.3 Å². The average molecular weight is 499 g/mol. The fraction of sp³-hybridized carbons (Fsp3) is 0.238. The second kappa shape index (κ2) is 9.99. The molecule has 1 heterocycles. The number of rotatable bonds is 8. The molecule has 2 aromatic carbocycles. The largest absolute Gasteiger partial charge is 0.307 e. The lowest BCUT2D eigenvalue weighted by Gasteiger charge is -2.19. The molecule has 0 spiro atoms. The van der Waals surface area contributed by atoms with Crippen LogP contribution in [-0.2, 0) is 16.6 Å². The van der Waals surface area contributed by atoms with E-state index in [9.17, 15) is 17.6 Å². The maximum Gasteiger partial charge on any atom is 0.256 e. The fourth-order valence-electron chi connectivity index (χ4n) is 3.11. The quantitative estimate of drug-likeness (QED) is 0.489. The van der Waals surface area contributed by atoms with Crippen molar-refractivity contribution < 1.29 is 17.6 Å². The monoisotopic (exact) mass is 498 g/mol. The topological polar surface area (TPSA) is 84.3 Å². The Bertz CT molecular complexity index is 1240. The second-order valence-corrected chi connectivity index (χ2v) is 9.55. The summed E-state index contributed by atoms with van der Waals surface area (Å²) in [7, 11) is -4.07. The lowest BCUT2D eigenvalue weighted by molar-refractivity contribution is 0.102. The van der Waals surface area contributed by atoms with Crippen molar-refractivity contribution in [3.63, 3.8) is 0 Å². The molecule has 0 unspecified atom stereocenters. The Morgan fingerprint density at radius 3 is 2.50 bits per heavy atom. The predicted octanol–water partition coefficient (Wildman–Crippen LogP) is 4.66. The lowest BCUT2D eigenvalue weighted by atomic mass is 10.2. The molecule has 1 N–H and O–H groups in total. The highest BCUT2D eigenvalue weighted by Gasteiger charge is 2.26. The number of benzene rings is 2. The Balaban J connectivity index is 1.86. The molecule has 1 amide bonds. The Hall–Kier alpha value is -2.46. The van der Waals surface area contributed by atoms with Gasteiger partial charge in [-0.05, 0) is 35.9 Å². The van der Waals surface area contributed by atoms with E-state index in [-0.39, 0.29) is 25.2 Å². The van der Waals surface area contributed by atoms with Crippen LogP contribution in [0.5, 0.6) is 0 Å². The van der Waals surface area contributed by atoms with Crippen molar-refractivity contribution in [3.8, 4) is 0 Å². The third kappa shape index (κ3) is 5.12. The van der Waals surface area contributed by atoms with Crippen LogP contribution in [0.1, 0.15) is 29.8 Å². The molecular weight excluding hydrogens is 478 g/mol. The number of carbonyl (C=O) groups excluding carboxylic acids is 1. The molecule has 11 heteroatoms. The van der Waals surface area contributed by atoms with Gasteiger partial charge in [0.05, 0.1) is 12.7 Å². The summed E-state index contributed by atoms with van der Waals surface area (Å²) in [5.41, 5.74) is 0.735. The van der Waals surface area contributed by atoms with E-state index in [0.29, 0.717) is 15.9 Å². The van der Waals surface area contributed by atoms with E-state index in [1.165, 1.54) is 16.9 Å². The van der Waals surface area contributed by atoms with Gasteiger partial charge in [-0.1, -0.05) is 43.1 Å². The molecule has 0 aliphatic carbocycles. The van der Waals surface area contributed by atoms with Crippen molar-refractivity contribution >= 4 is 45.0 Å². The summed E-state index contributed by atoms with van der Waals surface area (Å²) in [6, 6.07) is 9.87. The van der Waals surface area contributed by atoms with Crippen LogP contribution in [0, 0.1) is 5.82 Å². The van der Waals surface area contributed by atoms with Crippen LogP contribution in [0.25, 0.3) is 0 Å². The van der Waals surface area contributed by atoms with Crippen molar-refractivity contribution in [1.29, 1.82) is 0 Å². The first-order valence-corrected chi connectivity index (χ1v) is 11.9. The van der Waals surface area contributed by atoms with E-state index >= 15 is 0 Å². The summed E-state index contributed by atoms with van der Waals surface area (Å²) >= 11 is 12.1. The molecule has 1 aromatic heterocycles. The molecular formula is C21H21Cl2FN4O3S. The maximum absolute atomic E-state index is 14.3. The Kier molecular flexibility index (Phi) is 7.55. The SMILES string of the molecule is CCN(CC)S(=O)(=O)c1cc(C(=O)Nc2ccnn2Cc2ccc(Cl)cc2Cl)ccc1F. The van der Waals surface area contributed by atoms with Gasteiger partial charge in [-0.3, -0.25) is 4.79 Å². The van der Waals surface area contributed by atoms with Crippen molar-refractivity contribution in [1.82, 2.24) is 14.1 Å². The lowest BCUT2D eigenvalue weighted by Crippen LogP contribution is -2.31. The molecule has 32 heavy (non-hydrogen) atoms. The minimum atomic E-state index is -4.07. The Labute approximate surface area is 195 Å². The summed E-state index contributed by atoms with van der Waals surface area (Å²) in [4.78, 5) is 12.3. The molecule has 170 valence electrons. The number of nitrogens with zero attached hydrogens (tertiary/aromatic N) is 3. The Morgan fingerprint density at radius 2 is 1.84 bits per heavy atom. The number of halogens is 3. The molecule has 7 nitrogen and oxygen atoms in total. The number of anilines is 1. The number of aromatic nitrogens is 2. The van der Waals surface area contributed by atoms with Gasteiger partial charge in [0.15, 0.2) is 0 Å². The van der Waals surface area contributed by atoms with E-state index in [0.717, 1.165) is 22.0 Å². The van der Waals surface area contributed by atoms with Gasteiger partial charge in [-0.15, -0.1) is 0 Å². The highest BCUT2D eigenvalue weighted by molar-refractivity contribution is 7.89. The van der Waals surface area contributed by atoms with Gasteiger partial charge in [-0.2, -0.15) is 9.40 Å². The van der Waals surface area contributed by atoms with Crippen LogP contribution in [0.15, 0.2) is 53.6 Å². The van der Waals surface area contributed by atoms with E-state index in [2.05, 4.69) is 10.4 Å². The van der Waals surface area contributed by atoms with Crippen LogP contribution in [0.3, 0.4) is 0 Å². The normalized spacial score (nSPS) is 11.7. The highest BCUT2D eigenvalue weighted by atomic mass is 35.5. The van der Waals surface area contributed by atoms with Gasteiger partial charge in [0.25, 0.3) is 5.91 Å². The average Bonchev–Trinajstić information content (AvgIpc) is 3.17. The first kappa shape index (κ1) is 24.2. The van der Waals surface area contributed by atoms with E-state index in [4.69, 9.17) is 23.2 Å².